The average Bonchev–Trinajstić information content (AvgIpc) is 3.06. The van der Waals surface area contributed by atoms with Gasteiger partial charge in [-0.05, 0) is 98.3 Å². The van der Waals surface area contributed by atoms with Gasteiger partial charge < -0.3 is 4.90 Å². The highest BCUT2D eigenvalue weighted by Crippen LogP contribution is 2.41. The van der Waals surface area contributed by atoms with Crippen molar-refractivity contribution in [1.29, 1.82) is 0 Å². The van der Waals surface area contributed by atoms with E-state index in [9.17, 15) is 0 Å². The van der Waals surface area contributed by atoms with Crippen molar-refractivity contribution in [3.8, 4) is 33.4 Å². The van der Waals surface area contributed by atoms with Crippen molar-refractivity contribution in [3.05, 3.63) is 163 Å². The van der Waals surface area contributed by atoms with E-state index in [2.05, 4.69) is 191 Å². The lowest BCUT2D eigenvalue weighted by Crippen LogP contribution is -2.12. The number of rotatable bonds is 7. The van der Waals surface area contributed by atoms with Crippen LogP contribution in [0.3, 0.4) is 0 Å². The van der Waals surface area contributed by atoms with Crippen LogP contribution in [0.4, 0.5) is 17.1 Å². The zero-order valence-electron chi connectivity index (χ0n) is 26.5. The van der Waals surface area contributed by atoms with E-state index in [1.54, 1.807) is 0 Å². The fourth-order valence-corrected chi connectivity index (χ4v) is 5.86. The quantitative estimate of drug-likeness (QED) is 0.184. The normalized spacial score (nSPS) is 11.5. The molecule has 1 nitrogen and oxygen atoms in total. The van der Waals surface area contributed by atoms with Crippen molar-refractivity contribution in [3.63, 3.8) is 0 Å². The average molecular weight is 572 g/mol. The van der Waals surface area contributed by atoms with Crippen LogP contribution >= 0.6 is 0 Å². The number of nitrogens with zero attached hydrogens (tertiary/aromatic N) is 1. The first kappa shape index (κ1) is 29.2. The summed E-state index contributed by atoms with van der Waals surface area (Å²) in [5.41, 5.74) is 13.7. The summed E-state index contributed by atoms with van der Waals surface area (Å²) in [6, 6.07) is 55.0. The highest BCUT2D eigenvalue weighted by molar-refractivity contribution is 5.82. The molecule has 6 rings (SSSR count). The zero-order valence-corrected chi connectivity index (χ0v) is 26.5. The summed E-state index contributed by atoms with van der Waals surface area (Å²) in [5.74, 6) is 0.357. The molecule has 0 aliphatic heterocycles. The Labute approximate surface area is 263 Å². The Kier molecular flexibility index (Phi) is 8.22. The molecule has 0 aliphatic rings. The maximum Gasteiger partial charge on any atom is 0.0496 e. The van der Waals surface area contributed by atoms with E-state index >= 15 is 0 Å². The smallest absolute Gasteiger partial charge is 0.0496 e. The summed E-state index contributed by atoms with van der Waals surface area (Å²) >= 11 is 0. The third-order valence-corrected chi connectivity index (χ3v) is 8.38. The molecular formula is C43H41N. The predicted molar refractivity (Wildman–Crippen MR) is 190 cm³/mol. The lowest BCUT2D eigenvalue weighted by atomic mass is 9.83. The van der Waals surface area contributed by atoms with Crippen LogP contribution < -0.4 is 4.90 Å². The second-order valence-corrected chi connectivity index (χ2v) is 12.9. The van der Waals surface area contributed by atoms with Gasteiger partial charge in [-0.2, -0.15) is 0 Å². The second kappa shape index (κ2) is 12.4. The van der Waals surface area contributed by atoms with Gasteiger partial charge in [0.15, 0.2) is 0 Å². The standard InChI is InChI=1S/C43H41N/c1-31(2)41-30-35(25-26-42(41)44(39-17-11-7-12-18-39)40-19-13-8-14-20-40)33-21-23-34(24-22-33)37-27-36(32-15-9-6-10-16-32)28-38(29-37)43(3,4)5/h6-31H,1-5H3. The Bertz CT molecular complexity index is 1790. The Morgan fingerprint density at radius 2 is 0.864 bits per heavy atom. The Morgan fingerprint density at radius 1 is 0.432 bits per heavy atom. The van der Waals surface area contributed by atoms with Crippen molar-refractivity contribution >= 4 is 17.1 Å². The van der Waals surface area contributed by atoms with Gasteiger partial charge in [0.05, 0.1) is 0 Å². The SMILES string of the molecule is CC(C)c1cc(-c2ccc(-c3cc(-c4ccccc4)cc(C(C)(C)C)c3)cc2)ccc1N(c1ccccc1)c1ccccc1. The van der Waals surface area contributed by atoms with Crippen molar-refractivity contribution in [2.45, 2.75) is 46.0 Å². The first-order valence-corrected chi connectivity index (χ1v) is 15.6. The molecule has 0 unspecified atom stereocenters. The van der Waals surface area contributed by atoms with Crippen LogP contribution in [0.15, 0.2) is 152 Å². The number of hydrogen-bond donors (Lipinski definition) is 0. The van der Waals surface area contributed by atoms with E-state index in [4.69, 9.17) is 0 Å². The van der Waals surface area contributed by atoms with Crippen molar-refractivity contribution in [2.75, 3.05) is 4.90 Å². The molecule has 1 heteroatoms. The van der Waals surface area contributed by atoms with Crippen LogP contribution in [-0.2, 0) is 5.41 Å². The maximum absolute atomic E-state index is 2.38. The number of hydrogen-bond acceptors (Lipinski definition) is 1. The van der Waals surface area contributed by atoms with E-state index in [0.29, 0.717) is 5.92 Å². The monoisotopic (exact) mass is 571 g/mol. The third-order valence-electron chi connectivity index (χ3n) is 8.38. The van der Waals surface area contributed by atoms with Gasteiger partial charge in [-0.3, -0.25) is 0 Å². The molecule has 6 aromatic rings. The van der Waals surface area contributed by atoms with E-state index in [1.807, 2.05) is 0 Å². The van der Waals surface area contributed by atoms with Crippen molar-refractivity contribution < 1.29 is 0 Å². The fraction of sp³-hybridized carbons (Fsp3) is 0.163. The Hall–Kier alpha value is -4.88. The van der Waals surface area contributed by atoms with Crippen LogP contribution in [-0.4, -0.2) is 0 Å². The molecule has 0 aromatic heterocycles. The first-order valence-electron chi connectivity index (χ1n) is 15.6. The van der Waals surface area contributed by atoms with Crippen LogP contribution in [0.1, 0.15) is 51.7 Å². The molecular weight excluding hydrogens is 530 g/mol. The molecule has 0 fully saturated rings. The van der Waals surface area contributed by atoms with E-state index in [0.717, 1.165) is 11.4 Å². The second-order valence-electron chi connectivity index (χ2n) is 12.9. The van der Waals surface area contributed by atoms with Crippen molar-refractivity contribution in [1.82, 2.24) is 0 Å². The molecule has 0 bridgehead atoms. The first-order chi connectivity index (χ1) is 21.3. The molecule has 0 saturated carbocycles. The largest absolute Gasteiger partial charge is 0.310 e. The van der Waals surface area contributed by atoms with Gasteiger partial charge in [-0.1, -0.05) is 144 Å². The highest BCUT2D eigenvalue weighted by atomic mass is 15.1. The molecule has 0 atom stereocenters. The summed E-state index contributed by atoms with van der Waals surface area (Å²) in [4.78, 5) is 2.37. The summed E-state index contributed by atoms with van der Waals surface area (Å²) in [6.07, 6.45) is 0. The molecule has 0 radical (unpaired) electrons. The number of anilines is 3. The lowest BCUT2D eigenvalue weighted by Gasteiger charge is -2.29. The third kappa shape index (κ3) is 6.24. The minimum atomic E-state index is 0.0574. The van der Waals surface area contributed by atoms with Gasteiger partial charge in [0.1, 0.15) is 0 Å². The Balaban J connectivity index is 1.38. The van der Waals surface area contributed by atoms with Crippen molar-refractivity contribution in [2.24, 2.45) is 0 Å². The maximum atomic E-state index is 2.38. The van der Waals surface area contributed by atoms with E-state index in [1.165, 1.54) is 50.2 Å². The van der Waals surface area contributed by atoms with Gasteiger partial charge >= 0.3 is 0 Å². The number of para-hydroxylation sites is 2. The van der Waals surface area contributed by atoms with Crippen LogP contribution in [0.5, 0.6) is 0 Å². The topological polar surface area (TPSA) is 3.24 Å². The minimum Gasteiger partial charge on any atom is -0.310 e. The van der Waals surface area contributed by atoms with E-state index in [-0.39, 0.29) is 5.41 Å². The predicted octanol–water partition coefficient (Wildman–Crippen LogP) is 12.6. The molecule has 0 spiro atoms. The highest BCUT2D eigenvalue weighted by Gasteiger charge is 2.19. The lowest BCUT2D eigenvalue weighted by molar-refractivity contribution is 0.590. The van der Waals surface area contributed by atoms with E-state index < -0.39 is 0 Å². The Morgan fingerprint density at radius 3 is 1.34 bits per heavy atom. The summed E-state index contributed by atoms with van der Waals surface area (Å²) in [6.45, 7) is 11.4. The van der Waals surface area contributed by atoms with Gasteiger partial charge in [-0.15, -0.1) is 0 Å². The van der Waals surface area contributed by atoms with Gasteiger partial charge in [0.25, 0.3) is 0 Å². The summed E-state index contributed by atoms with van der Waals surface area (Å²) in [5, 5.41) is 0. The molecule has 0 N–H and O–H groups in total. The molecule has 44 heavy (non-hydrogen) atoms. The fourth-order valence-electron chi connectivity index (χ4n) is 5.86. The molecule has 0 heterocycles. The summed E-state index contributed by atoms with van der Waals surface area (Å²) < 4.78 is 0. The van der Waals surface area contributed by atoms with Crippen LogP contribution in [0.2, 0.25) is 0 Å². The zero-order chi connectivity index (χ0) is 30.7. The van der Waals surface area contributed by atoms with Gasteiger partial charge in [0.2, 0.25) is 0 Å². The molecule has 0 aliphatic carbocycles. The van der Waals surface area contributed by atoms with Crippen LogP contribution in [0.25, 0.3) is 33.4 Å². The number of benzene rings is 6. The molecule has 0 amide bonds. The van der Waals surface area contributed by atoms with Gasteiger partial charge in [0, 0.05) is 17.1 Å². The molecule has 6 aromatic carbocycles. The van der Waals surface area contributed by atoms with Gasteiger partial charge in [-0.25, -0.2) is 0 Å². The summed E-state index contributed by atoms with van der Waals surface area (Å²) in [7, 11) is 0. The molecule has 0 saturated heterocycles. The van der Waals surface area contributed by atoms with Crippen LogP contribution in [0, 0.1) is 0 Å². The minimum absolute atomic E-state index is 0.0574. The molecule has 218 valence electrons.